The van der Waals surface area contributed by atoms with Crippen molar-refractivity contribution in [3.8, 4) is 11.1 Å². The lowest BCUT2D eigenvalue weighted by molar-refractivity contribution is 0.669. The zero-order chi connectivity index (χ0) is 37.4. The fraction of sp³-hybridized carbons (Fsp3) is 0.0943. The van der Waals surface area contributed by atoms with Crippen LogP contribution in [0.4, 0.5) is 5.69 Å². The Morgan fingerprint density at radius 1 is 0.607 bits per heavy atom. The second-order valence-corrected chi connectivity index (χ2v) is 15.7. The molecule has 2 aromatic heterocycles. The quantitative estimate of drug-likeness (QED) is 0.137. The first-order valence-electron chi connectivity index (χ1n) is 19.7. The van der Waals surface area contributed by atoms with E-state index in [1.807, 2.05) is 17.4 Å². The minimum atomic E-state index is 0.185. The maximum atomic E-state index is 6.23. The minimum absolute atomic E-state index is 0.185. The molecular formula is C53H41NOS. The highest BCUT2D eigenvalue weighted by Crippen LogP contribution is 2.39. The van der Waals surface area contributed by atoms with Crippen LogP contribution < -0.4 is 4.90 Å². The van der Waals surface area contributed by atoms with Crippen LogP contribution in [0.25, 0.3) is 75.7 Å². The van der Waals surface area contributed by atoms with Crippen LogP contribution in [-0.4, -0.2) is 6.04 Å². The van der Waals surface area contributed by atoms with Gasteiger partial charge in [-0.15, -0.1) is 11.3 Å². The van der Waals surface area contributed by atoms with Crippen LogP contribution in [0.5, 0.6) is 0 Å². The van der Waals surface area contributed by atoms with Gasteiger partial charge in [-0.25, -0.2) is 0 Å². The fourth-order valence-corrected chi connectivity index (χ4v) is 9.66. The normalized spacial score (nSPS) is 14.1. The lowest BCUT2D eigenvalue weighted by Crippen LogP contribution is -2.33. The molecule has 1 atom stereocenters. The zero-order valence-corrected chi connectivity index (χ0v) is 32.2. The third kappa shape index (κ3) is 6.24. The van der Waals surface area contributed by atoms with E-state index in [9.17, 15) is 0 Å². The first kappa shape index (κ1) is 34.1. The summed E-state index contributed by atoms with van der Waals surface area (Å²) in [7, 11) is 0. The smallest absolute Gasteiger partial charge is 0.136 e. The summed E-state index contributed by atoms with van der Waals surface area (Å²) in [6, 6.07) is 54.9. The summed E-state index contributed by atoms with van der Waals surface area (Å²) in [6.45, 7) is 2.29. The molecule has 0 radical (unpaired) electrons. The molecule has 2 nitrogen and oxygen atoms in total. The summed E-state index contributed by atoms with van der Waals surface area (Å²) >= 11 is 1.87. The molecule has 0 amide bonds. The van der Waals surface area contributed by atoms with Gasteiger partial charge in [0.1, 0.15) is 11.2 Å². The molecule has 1 aliphatic rings. The lowest BCUT2D eigenvalue weighted by Gasteiger charge is -2.35. The number of nitrogens with zero attached hydrogens (tertiary/aromatic N) is 1. The predicted octanol–water partition coefficient (Wildman–Crippen LogP) is 15.4. The van der Waals surface area contributed by atoms with Crippen molar-refractivity contribution in [3.63, 3.8) is 0 Å². The van der Waals surface area contributed by atoms with Crippen molar-refractivity contribution in [2.45, 2.75) is 32.2 Å². The highest BCUT2D eigenvalue weighted by atomic mass is 32.1. The molecule has 1 unspecified atom stereocenters. The Balaban J connectivity index is 0.996. The number of furan rings is 1. The molecular weight excluding hydrogens is 699 g/mol. The molecule has 270 valence electrons. The molecule has 0 bridgehead atoms. The second kappa shape index (κ2) is 14.7. The van der Waals surface area contributed by atoms with Gasteiger partial charge in [0.15, 0.2) is 0 Å². The number of anilines is 1. The minimum Gasteiger partial charge on any atom is -0.456 e. The molecule has 0 saturated carbocycles. The topological polar surface area (TPSA) is 16.4 Å². The number of para-hydroxylation sites is 1. The van der Waals surface area contributed by atoms with Gasteiger partial charge in [-0.1, -0.05) is 146 Å². The van der Waals surface area contributed by atoms with E-state index in [0.29, 0.717) is 0 Å². The van der Waals surface area contributed by atoms with E-state index in [4.69, 9.17) is 4.42 Å². The molecule has 0 spiro atoms. The van der Waals surface area contributed by atoms with E-state index < -0.39 is 0 Å². The third-order valence-electron chi connectivity index (χ3n) is 11.3. The Hall–Kier alpha value is -6.42. The molecule has 10 rings (SSSR count). The Kier molecular flexibility index (Phi) is 8.93. The number of fused-ring (bicyclic) bond motifs is 8. The van der Waals surface area contributed by atoms with E-state index in [-0.39, 0.29) is 6.04 Å². The predicted molar refractivity (Wildman–Crippen MR) is 242 cm³/mol. The summed E-state index contributed by atoms with van der Waals surface area (Å²) in [5.41, 5.74) is 10.8. The van der Waals surface area contributed by atoms with Crippen molar-refractivity contribution in [2.75, 3.05) is 4.90 Å². The standard InChI is InChI=1S/C53H41NOS/c1-2-42(17-7-6-15-40-16-12-22-51-52(40)46-19-9-11-21-50(46)56-51)54(43-30-25-37(26-31-43)36-13-4-3-5-14-36)44-32-27-38(28-33-44)41-24-23-39-29-34-49-53(47(39)35-41)45-18-8-10-20-48(45)55-49/h3-25,27-30,32-35,42H,2,26,31H2,1H3/b15-6+,17-7-. The van der Waals surface area contributed by atoms with Gasteiger partial charge in [-0.3, -0.25) is 0 Å². The number of benzene rings is 7. The monoisotopic (exact) mass is 739 g/mol. The van der Waals surface area contributed by atoms with Crippen LogP contribution in [0.15, 0.2) is 192 Å². The Morgan fingerprint density at radius 2 is 1.38 bits per heavy atom. The number of allylic oxidation sites excluding steroid dienone is 6. The van der Waals surface area contributed by atoms with Gasteiger partial charge < -0.3 is 9.32 Å². The Bertz CT molecular complexity index is 3010. The van der Waals surface area contributed by atoms with E-state index in [0.717, 1.165) is 35.8 Å². The molecule has 56 heavy (non-hydrogen) atoms. The number of thiophene rings is 1. The fourth-order valence-electron chi connectivity index (χ4n) is 8.52. The SMILES string of the molecule is CCC(/C=C\C=C\c1cccc2sc3ccccc3c12)N(C1=CC=C(c2ccccc2)CC1)c1ccc(-c2ccc3ccc4oc5ccccc5c4c3c2)cc1. The van der Waals surface area contributed by atoms with Crippen molar-refractivity contribution in [1.29, 1.82) is 0 Å². The van der Waals surface area contributed by atoms with Crippen molar-refractivity contribution >= 4 is 81.6 Å². The molecule has 0 fully saturated rings. The van der Waals surface area contributed by atoms with Crippen molar-refractivity contribution < 1.29 is 4.42 Å². The number of rotatable bonds is 9. The van der Waals surface area contributed by atoms with E-state index in [1.165, 1.54) is 75.5 Å². The first-order valence-corrected chi connectivity index (χ1v) is 20.5. The van der Waals surface area contributed by atoms with Gasteiger partial charge in [0, 0.05) is 42.3 Å². The number of hydrogen-bond donors (Lipinski definition) is 0. The highest BCUT2D eigenvalue weighted by Gasteiger charge is 2.22. The molecule has 9 aromatic rings. The molecule has 1 aliphatic carbocycles. The van der Waals surface area contributed by atoms with Crippen LogP contribution in [0.1, 0.15) is 37.3 Å². The molecule has 0 aliphatic heterocycles. The summed E-state index contributed by atoms with van der Waals surface area (Å²) in [6.07, 6.45) is 16.7. The zero-order valence-electron chi connectivity index (χ0n) is 31.4. The molecule has 7 aromatic carbocycles. The van der Waals surface area contributed by atoms with Gasteiger partial charge in [-0.05, 0) is 106 Å². The van der Waals surface area contributed by atoms with Crippen molar-refractivity contribution in [1.82, 2.24) is 0 Å². The van der Waals surface area contributed by atoms with Crippen LogP contribution in [0.3, 0.4) is 0 Å². The second-order valence-electron chi connectivity index (χ2n) is 14.6. The average Bonchev–Trinajstić information content (AvgIpc) is 3.84. The van der Waals surface area contributed by atoms with Crippen LogP contribution in [0, 0.1) is 0 Å². The first-order chi connectivity index (χ1) is 27.7. The van der Waals surface area contributed by atoms with Crippen molar-refractivity contribution in [3.05, 3.63) is 199 Å². The molecule has 3 heteroatoms. The van der Waals surface area contributed by atoms with E-state index in [1.54, 1.807) is 0 Å². The lowest BCUT2D eigenvalue weighted by atomic mass is 9.94. The highest BCUT2D eigenvalue weighted by molar-refractivity contribution is 7.25. The third-order valence-corrected chi connectivity index (χ3v) is 12.5. The maximum Gasteiger partial charge on any atom is 0.136 e. The number of hydrogen-bond acceptors (Lipinski definition) is 3. The summed E-state index contributed by atoms with van der Waals surface area (Å²) < 4.78 is 8.90. The molecule has 0 saturated heterocycles. The summed E-state index contributed by atoms with van der Waals surface area (Å²) in [4.78, 5) is 2.56. The summed E-state index contributed by atoms with van der Waals surface area (Å²) in [5, 5.41) is 7.45. The van der Waals surface area contributed by atoms with Gasteiger partial charge in [0.2, 0.25) is 0 Å². The van der Waals surface area contributed by atoms with E-state index in [2.05, 4.69) is 194 Å². The maximum absolute atomic E-state index is 6.23. The Morgan fingerprint density at radius 3 is 2.21 bits per heavy atom. The molecule has 0 N–H and O–H groups in total. The van der Waals surface area contributed by atoms with Crippen LogP contribution in [-0.2, 0) is 0 Å². The van der Waals surface area contributed by atoms with Gasteiger partial charge in [0.05, 0.1) is 6.04 Å². The van der Waals surface area contributed by atoms with Crippen LogP contribution >= 0.6 is 11.3 Å². The Labute approximate surface area is 331 Å². The average molecular weight is 740 g/mol. The van der Waals surface area contributed by atoms with Gasteiger partial charge in [0.25, 0.3) is 0 Å². The van der Waals surface area contributed by atoms with Crippen LogP contribution in [0.2, 0.25) is 0 Å². The van der Waals surface area contributed by atoms with Gasteiger partial charge >= 0.3 is 0 Å². The largest absolute Gasteiger partial charge is 0.456 e. The molecule has 2 heterocycles. The van der Waals surface area contributed by atoms with Gasteiger partial charge in [-0.2, -0.15) is 0 Å². The van der Waals surface area contributed by atoms with E-state index >= 15 is 0 Å². The summed E-state index contributed by atoms with van der Waals surface area (Å²) in [5.74, 6) is 0. The van der Waals surface area contributed by atoms with Crippen molar-refractivity contribution in [2.24, 2.45) is 0 Å².